The zero-order valence-corrected chi connectivity index (χ0v) is 20.3. The van der Waals surface area contributed by atoms with Gasteiger partial charge in [0.05, 0.1) is 39.6 Å². The molecule has 2 aliphatic heterocycles. The quantitative estimate of drug-likeness (QED) is 0.373. The summed E-state index contributed by atoms with van der Waals surface area (Å²) in [6.45, 7) is -0.518. The molecule has 13 nitrogen and oxygen atoms in total. The Hall–Kier alpha value is -3.94. The molecule has 13 heteroatoms. The molecule has 2 aromatic carbocycles. The molecule has 0 spiro atoms. The summed E-state index contributed by atoms with van der Waals surface area (Å²) in [6, 6.07) is 3.79. The lowest BCUT2D eigenvalue weighted by Crippen LogP contribution is -2.58. The molecule has 0 bridgehead atoms. The Balaban J connectivity index is 1.59. The molecule has 200 valence electrons. The van der Waals surface area contributed by atoms with Crippen molar-refractivity contribution in [3.63, 3.8) is 0 Å². The van der Waals surface area contributed by atoms with Crippen molar-refractivity contribution in [2.45, 2.75) is 30.5 Å². The lowest BCUT2D eigenvalue weighted by atomic mass is 9.86. The smallest absolute Gasteiger partial charge is 0.339 e. The summed E-state index contributed by atoms with van der Waals surface area (Å²) in [5.74, 6) is -2.50. The van der Waals surface area contributed by atoms with E-state index >= 15 is 0 Å². The summed E-state index contributed by atoms with van der Waals surface area (Å²) in [5, 5.41) is 42.0. The lowest BCUT2D eigenvalue weighted by molar-refractivity contribution is -0.235. The van der Waals surface area contributed by atoms with Crippen LogP contribution in [0.3, 0.4) is 0 Å². The molecule has 0 unspecified atom stereocenters. The van der Waals surface area contributed by atoms with E-state index < -0.39 is 60.6 Å². The molecular formula is C24H26O13. The monoisotopic (exact) mass is 522 g/mol. The number of fused-ring (bicyclic) bond motifs is 3. The number of ether oxygens (including phenoxy) is 7. The van der Waals surface area contributed by atoms with Crippen LogP contribution in [0, 0.1) is 0 Å². The number of aliphatic hydroxyl groups excluding tert-OH is 2. The van der Waals surface area contributed by atoms with Crippen molar-refractivity contribution in [1.29, 1.82) is 0 Å². The highest BCUT2D eigenvalue weighted by molar-refractivity contribution is 5.95. The zero-order chi connectivity index (χ0) is 27.0. The first-order valence-electron chi connectivity index (χ1n) is 11.0. The summed E-state index contributed by atoms with van der Waals surface area (Å²) >= 11 is 0. The van der Waals surface area contributed by atoms with Crippen LogP contribution in [0.1, 0.15) is 32.4 Å². The van der Waals surface area contributed by atoms with Crippen molar-refractivity contribution in [3.8, 4) is 34.5 Å². The number of carbonyl (C=O) groups is 2. The second-order valence-corrected chi connectivity index (χ2v) is 8.20. The Bertz CT molecular complexity index is 1180. The second-order valence-electron chi connectivity index (χ2n) is 8.20. The molecule has 5 atom stereocenters. The standard InChI is InChI=1S/C24H26O13/c1-31-12-5-9(6-13(32-2)20(12)34-4)23(29)35-8-14-16(26)18(28)22-21(36-14)15-10(24(30)37-22)7-11(25)19(33-3)17(15)27/h5-7,14,16,18,21-22,25-28H,8H2,1-4H3/t14-,16-,18+,21+,22-/m0/s1. The van der Waals surface area contributed by atoms with E-state index in [1.807, 2.05) is 0 Å². The Kier molecular flexibility index (Phi) is 7.21. The van der Waals surface area contributed by atoms with E-state index in [1.165, 1.54) is 40.6 Å². The van der Waals surface area contributed by atoms with E-state index in [0.29, 0.717) is 0 Å². The number of methoxy groups -OCH3 is 4. The van der Waals surface area contributed by atoms with E-state index in [4.69, 9.17) is 33.2 Å². The third-order valence-electron chi connectivity index (χ3n) is 6.19. The maximum atomic E-state index is 12.8. The lowest BCUT2D eigenvalue weighted by Gasteiger charge is -2.44. The fourth-order valence-corrected chi connectivity index (χ4v) is 4.38. The van der Waals surface area contributed by atoms with Crippen LogP contribution in [0.2, 0.25) is 0 Å². The van der Waals surface area contributed by atoms with Crippen molar-refractivity contribution in [2.75, 3.05) is 35.0 Å². The van der Waals surface area contributed by atoms with Gasteiger partial charge in [0.1, 0.15) is 31.0 Å². The Morgan fingerprint density at radius 3 is 2.11 bits per heavy atom. The van der Waals surface area contributed by atoms with Gasteiger partial charge in [-0.2, -0.15) is 0 Å². The van der Waals surface area contributed by atoms with Gasteiger partial charge < -0.3 is 53.6 Å². The van der Waals surface area contributed by atoms with Crippen LogP contribution in [0.25, 0.3) is 0 Å². The van der Waals surface area contributed by atoms with Crippen LogP contribution in [0.4, 0.5) is 0 Å². The van der Waals surface area contributed by atoms with E-state index in [0.717, 1.165) is 6.07 Å². The topological polar surface area (TPSA) is 180 Å². The molecule has 4 rings (SSSR count). The number of phenols is 2. The molecule has 4 N–H and O–H groups in total. The number of rotatable bonds is 7. The van der Waals surface area contributed by atoms with Crippen LogP contribution < -0.4 is 18.9 Å². The van der Waals surface area contributed by atoms with Crippen molar-refractivity contribution in [2.24, 2.45) is 0 Å². The molecule has 0 aliphatic carbocycles. The van der Waals surface area contributed by atoms with Crippen LogP contribution in [0.5, 0.6) is 34.5 Å². The molecule has 2 aromatic rings. The summed E-state index contributed by atoms with van der Waals surface area (Å²) in [6.07, 6.45) is -7.22. The molecule has 0 amide bonds. The van der Waals surface area contributed by atoms with Crippen molar-refractivity contribution < 1.29 is 63.2 Å². The zero-order valence-electron chi connectivity index (χ0n) is 20.3. The van der Waals surface area contributed by atoms with Crippen LogP contribution in [0.15, 0.2) is 18.2 Å². The molecule has 1 saturated heterocycles. The summed E-state index contributed by atoms with van der Waals surface area (Å²) < 4.78 is 37.1. The number of aliphatic hydroxyl groups is 2. The molecule has 0 saturated carbocycles. The highest BCUT2D eigenvalue weighted by atomic mass is 16.6. The SMILES string of the molecule is COc1cc(C(=O)OC[C@@H]2O[C@@H]3c4c(cc(O)c(OC)c4O)C(=O)O[C@H]3[C@H](O)[C@H]2O)cc(OC)c1OC. The average molecular weight is 522 g/mol. The maximum absolute atomic E-state index is 12.8. The minimum Gasteiger partial charge on any atom is -0.504 e. The highest BCUT2D eigenvalue weighted by Gasteiger charge is 2.52. The highest BCUT2D eigenvalue weighted by Crippen LogP contribution is 2.50. The Morgan fingerprint density at radius 2 is 1.54 bits per heavy atom. The molecule has 37 heavy (non-hydrogen) atoms. The van der Waals surface area contributed by atoms with Crippen LogP contribution in [-0.2, 0) is 14.2 Å². The van der Waals surface area contributed by atoms with Gasteiger partial charge >= 0.3 is 11.9 Å². The largest absolute Gasteiger partial charge is 0.504 e. The Labute approximate surface area is 210 Å². The fraction of sp³-hybridized carbons (Fsp3) is 0.417. The van der Waals surface area contributed by atoms with Crippen molar-refractivity contribution in [1.82, 2.24) is 0 Å². The number of carbonyl (C=O) groups excluding carboxylic acids is 2. The van der Waals surface area contributed by atoms with Gasteiger partial charge in [0.15, 0.2) is 29.1 Å². The fourth-order valence-electron chi connectivity index (χ4n) is 4.38. The molecular weight excluding hydrogens is 496 g/mol. The molecule has 2 aliphatic rings. The Morgan fingerprint density at radius 1 is 0.919 bits per heavy atom. The minimum absolute atomic E-state index is 0.0491. The predicted octanol–water partition coefficient (Wildman–Crippen LogP) is 0.690. The number of phenolic OH excluding ortho intramolecular Hbond substituents is 2. The van der Waals surface area contributed by atoms with Gasteiger partial charge in [-0.3, -0.25) is 0 Å². The van der Waals surface area contributed by atoms with Gasteiger partial charge in [0.2, 0.25) is 11.5 Å². The second kappa shape index (κ2) is 10.2. The van der Waals surface area contributed by atoms with E-state index in [-0.39, 0.29) is 39.7 Å². The first-order chi connectivity index (χ1) is 17.7. The van der Waals surface area contributed by atoms with Gasteiger partial charge in [-0.15, -0.1) is 0 Å². The molecule has 2 heterocycles. The third kappa shape index (κ3) is 4.41. The van der Waals surface area contributed by atoms with Gasteiger partial charge in [-0.25, -0.2) is 9.59 Å². The summed E-state index contributed by atoms with van der Waals surface area (Å²) in [5.41, 5.74) is -0.273. The van der Waals surface area contributed by atoms with Crippen molar-refractivity contribution in [3.05, 3.63) is 34.9 Å². The van der Waals surface area contributed by atoms with Crippen LogP contribution >= 0.6 is 0 Å². The van der Waals surface area contributed by atoms with Gasteiger partial charge in [-0.1, -0.05) is 0 Å². The number of aromatic hydroxyl groups is 2. The number of hydrogen-bond donors (Lipinski definition) is 4. The van der Waals surface area contributed by atoms with E-state index in [9.17, 15) is 30.0 Å². The van der Waals surface area contributed by atoms with Gasteiger partial charge in [0, 0.05) is 5.56 Å². The molecule has 0 radical (unpaired) electrons. The van der Waals surface area contributed by atoms with Crippen molar-refractivity contribution >= 4 is 11.9 Å². The molecule has 0 aromatic heterocycles. The first-order valence-corrected chi connectivity index (χ1v) is 11.0. The van der Waals surface area contributed by atoms with E-state index in [2.05, 4.69) is 0 Å². The first kappa shape index (κ1) is 26.1. The van der Waals surface area contributed by atoms with Gasteiger partial charge in [-0.05, 0) is 18.2 Å². The maximum Gasteiger partial charge on any atom is 0.339 e. The number of benzene rings is 2. The minimum atomic E-state index is -1.65. The average Bonchev–Trinajstić information content (AvgIpc) is 2.89. The molecule has 1 fully saturated rings. The number of esters is 2. The third-order valence-corrected chi connectivity index (χ3v) is 6.19. The summed E-state index contributed by atoms with van der Waals surface area (Å²) in [4.78, 5) is 25.3. The van der Waals surface area contributed by atoms with E-state index in [1.54, 1.807) is 0 Å². The van der Waals surface area contributed by atoms with Crippen LogP contribution in [-0.4, -0.2) is 91.8 Å². The van der Waals surface area contributed by atoms with Gasteiger partial charge in [0.25, 0.3) is 0 Å². The summed E-state index contributed by atoms with van der Waals surface area (Å²) in [7, 11) is 5.38. The predicted molar refractivity (Wildman–Crippen MR) is 122 cm³/mol. The normalized spacial score (nSPS) is 24.3. The number of hydrogen-bond acceptors (Lipinski definition) is 13.